The van der Waals surface area contributed by atoms with Crippen molar-refractivity contribution in [3.63, 3.8) is 0 Å². The summed E-state index contributed by atoms with van der Waals surface area (Å²) in [6.07, 6.45) is 3.53. The molecule has 106 valence electrons. The predicted molar refractivity (Wildman–Crippen MR) is 66.8 cm³/mol. The molecule has 0 bridgehead atoms. The molecule has 1 aliphatic rings. The summed E-state index contributed by atoms with van der Waals surface area (Å²) in [5.41, 5.74) is 0. The number of aliphatic carboxylic acids is 1. The molecule has 1 N–H and O–H groups in total. The van der Waals surface area contributed by atoms with Crippen molar-refractivity contribution < 1.29 is 14.6 Å². The quantitative estimate of drug-likeness (QED) is 0.838. The van der Waals surface area contributed by atoms with Crippen molar-refractivity contribution in [1.82, 2.24) is 20.2 Å². The van der Waals surface area contributed by atoms with Crippen molar-refractivity contribution in [2.24, 2.45) is 0 Å². The van der Waals surface area contributed by atoms with Gasteiger partial charge in [0, 0.05) is 19.1 Å². The number of nitrogens with zero attached hydrogens (tertiary/aromatic N) is 4. The minimum atomic E-state index is -0.813. The molecule has 0 aliphatic carbocycles. The van der Waals surface area contributed by atoms with Crippen molar-refractivity contribution in [3.8, 4) is 0 Å². The lowest BCUT2D eigenvalue weighted by molar-refractivity contribution is -0.138. The third kappa shape index (κ3) is 3.50. The van der Waals surface area contributed by atoms with Crippen LogP contribution in [0.4, 0.5) is 0 Å². The second kappa shape index (κ2) is 6.60. The van der Waals surface area contributed by atoms with Gasteiger partial charge in [0.1, 0.15) is 0 Å². The first-order valence-corrected chi connectivity index (χ1v) is 6.79. The zero-order chi connectivity index (χ0) is 13.7. The molecule has 2 heterocycles. The van der Waals surface area contributed by atoms with E-state index in [0.717, 1.165) is 44.7 Å². The lowest BCUT2D eigenvalue weighted by Gasteiger charge is -2.23. The molecule has 7 heteroatoms. The van der Waals surface area contributed by atoms with Gasteiger partial charge in [0.15, 0.2) is 5.82 Å². The summed E-state index contributed by atoms with van der Waals surface area (Å²) in [7, 11) is 0. The summed E-state index contributed by atoms with van der Waals surface area (Å²) in [6.45, 7) is 3.47. The van der Waals surface area contributed by atoms with Crippen LogP contribution in [0.2, 0.25) is 0 Å². The summed E-state index contributed by atoms with van der Waals surface area (Å²) in [5.74, 6) is 0.270. The van der Waals surface area contributed by atoms with Gasteiger partial charge >= 0.3 is 5.97 Å². The van der Waals surface area contributed by atoms with Crippen LogP contribution in [0.15, 0.2) is 0 Å². The molecule has 1 atom stereocenters. The average molecular weight is 268 g/mol. The first-order valence-electron chi connectivity index (χ1n) is 6.79. The van der Waals surface area contributed by atoms with E-state index in [1.54, 1.807) is 4.68 Å². The fourth-order valence-electron chi connectivity index (χ4n) is 2.53. The number of hydrogen-bond acceptors (Lipinski definition) is 5. The van der Waals surface area contributed by atoms with Gasteiger partial charge < -0.3 is 9.84 Å². The van der Waals surface area contributed by atoms with Crippen molar-refractivity contribution in [1.29, 1.82) is 0 Å². The molecular weight excluding hydrogens is 248 g/mol. The van der Waals surface area contributed by atoms with Crippen LogP contribution in [0.3, 0.4) is 0 Å². The fraction of sp³-hybridized carbons (Fsp3) is 0.833. The number of tetrazole rings is 1. The summed E-state index contributed by atoms with van der Waals surface area (Å²) in [4.78, 5) is 11.0. The van der Waals surface area contributed by atoms with Crippen molar-refractivity contribution in [2.75, 3.05) is 13.2 Å². The summed E-state index contributed by atoms with van der Waals surface area (Å²) >= 11 is 0. The van der Waals surface area contributed by atoms with Gasteiger partial charge in [0.05, 0.1) is 12.5 Å². The minimum absolute atomic E-state index is 0.0646. The van der Waals surface area contributed by atoms with E-state index in [4.69, 9.17) is 9.84 Å². The fourth-order valence-corrected chi connectivity index (χ4v) is 2.53. The number of hydrogen-bond donors (Lipinski definition) is 1. The van der Waals surface area contributed by atoms with Gasteiger partial charge in [-0.25, -0.2) is 4.68 Å². The van der Waals surface area contributed by atoms with Crippen molar-refractivity contribution in [2.45, 2.75) is 51.0 Å². The van der Waals surface area contributed by atoms with Crippen LogP contribution in [0.25, 0.3) is 0 Å². The van der Waals surface area contributed by atoms with E-state index < -0.39 is 5.97 Å². The molecule has 0 spiro atoms. The van der Waals surface area contributed by atoms with Gasteiger partial charge in [-0.3, -0.25) is 4.79 Å². The predicted octanol–water partition coefficient (Wildman–Crippen LogP) is 1.38. The standard InChI is InChI=1S/C12H20N4O3/c1-2-3-10(8-11(17)18)16-12(13-14-15-16)9-4-6-19-7-5-9/h9-10H,2-8H2,1H3,(H,17,18). The first-order chi connectivity index (χ1) is 9.22. The highest BCUT2D eigenvalue weighted by Crippen LogP contribution is 2.28. The Hall–Kier alpha value is -1.50. The number of carboxylic acid groups (broad SMARTS) is 1. The van der Waals surface area contributed by atoms with E-state index in [0.29, 0.717) is 0 Å². The lowest BCUT2D eigenvalue weighted by Crippen LogP contribution is -2.22. The molecule has 1 unspecified atom stereocenters. The Morgan fingerprint density at radius 3 is 2.89 bits per heavy atom. The Kier molecular flexibility index (Phi) is 4.84. The van der Waals surface area contributed by atoms with E-state index >= 15 is 0 Å². The second-order valence-electron chi connectivity index (χ2n) is 4.91. The van der Waals surface area contributed by atoms with Gasteiger partial charge in [-0.2, -0.15) is 0 Å². The number of carbonyl (C=O) groups is 1. The average Bonchev–Trinajstić information content (AvgIpc) is 2.88. The second-order valence-corrected chi connectivity index (χ2v) is 4.91. The molecular formula is C12H20N4O3. The van der Waals surface area contributed by atoms with Gasteiger partial charge in [0.25, 0.3) is 0 Å². The molecule has 19 heavy (non-hydrogen) atoms. The van der Waals surface area contributed by atoms with Crippen molar-refractivity contribution >= 4 is 5.97 Å². The van der Waals surface area contributed by atoms with Crippen LogP contribution < -0.4 is 0 Å². The maximum absolute atomic E-state index is 11.0. The molecule has 1 aromatic rings. The Balaban J connectivity index is 2.17. The highest BCUT2D eigenvalue weighted by molar-refractivity contribution is 5.67. The van der Waals surface area contributed by atoms with E-state index in [1.807, 2.05) is 6.92 Å². The molecule has 0 amide bonds. The largest absolute Gasteiger partial charge is 0.481 e. The molecule has 1 aliphatic heterocycles. The molecule has 1 fully saturated rings. The lowest BCUT2D eigenvalue weighted by atomic mass is 9.98. The monoisotopic (exact) mass is 268 g/mol. The smallest absolute Gasteiger partial charge is 0.305 e. The van der Waals surface area contributed by atoms with E-state index in [1.165, 1.54) is 0 Å². The van der Waals surface area contributed by atoms with Crippen LogP contribution in [0, 0.1) is 0 Å². The van der Waals surface area contributed by atoms with Crippen LogP contribution in [0.5, 0.6) is 0 Å². The molecule has 0 saturated carbocycles. The topological polar surface area (TPSA) is 90.1 Å². The zero-order valence-corrected chi connectivity index (χ0v) is 11.2. The van der Waals surface area contributed by atoms with Crippen LogP contribution in [-0.2, 0) is 9.53 Å². The summed E-state index contributed by atoms with van der Waals surface area (Å²) < 4.78 is 7.05. The normalized spacial score (nSPS) is 18.4. The Morgan fingerprint density at radius 2 is 2.26 bits per heavy atom. The Morgan fingerprint density at radius 1 is 1.53 bits per heavy atom. The molecule has 0 radical (unpaired) electrons. The van der Waals surface area contributed by atoms with Crippen LogP contribution >= 0.6 is 0 Å². The third-order valence-corrected chi connectivity index (χ3v) is 3.48. The van der Waals surface area contributed by atoms with E-state index in [9.17, 15) is 4.79 Å². The summed E-state index contributed by atoms with van der Waals surface area (Å²) in [5, 5.41) is 20.9. The van der Waals surface area contributed by atoms with Gasteiger partial charge in [-0.1, -0.05) is 13.3 Å². The molecule has 7 nitrogen and oxygen atoms in total. The van der Waals surface area contributed by atoms with Crippen LogP contribution in [0.1, 0.15) is 56.8 Å². The van der Waals surface area contributed by atoms with E-state index in [2.05, 4.69) is 15.5 Å². The highest BCUT2D eigenvalue weighted by atomic mass is 16.5. The number of rotatable bonds is 6. The van der Waals surface area contributed by atoms with Gasteiger partial charge in [-0.05, 0) is 29.7 Å². The minimum Gasteiger partial charge on any atom is -0.481 e. The number of ether oxygens (including phenoxy) is 1. The molecule has 1 aromatic heterocycles. The number of carboxylic acids is 1. The van der Waals surface area contributed by atoms with Gasteiger partial charge in [0.2, 0.25) is 0 Å². The SMILES string of the molecule is CCCC(CC(=O)O)n1nnnc1C1CCOCC1. The van der Waals surface area contributed by atoms with Crippen molar-refractivity contribution in [3.05, 3.63) is 5.82 Å². The molecule has 2 rings (SSSR count). The summed E-state index contributed by atoms with van der Waals surface area (Å²) in [6, 6.07) is -0.157. The Labute approximate surface area is 111 Å². The number of aromatic nitrogens is 4. The van der Waals surface area contributed by atoms with E-state index in [-0.39, 0.29) is 18.4 Å². The molecule has 0 aromatic carbocycles. The third-order valence-electron chi connectivity index (χ3n) is 3.48. The van der Waals surface area contributed by atoms with Crippen LogP contribution in [-0.4, -0.2) is 44.5 Å². The zero-order valence-electron chi connectivity index (χ0n) is 11.2. The van der Waals surface area contributed by atoms with Gasteiger partial charge in [-0.15, -0.1) is 5.10 Å². The Bertz CT molecular complexity index is 415. The maximum Gasteiger partial charge on any atom is 0.305 e. The highest BCUT2D eigenvalue weighted by Gasteiger charge is 2.26. The first kappa shape index (κ1) is 13.9. The maximum atomic E-state index is 11.0. The molecule has 1 saturated heterocycles.